The van der Waals surface area contributed by atoms with Gasteiger partial charge in [-0.15, -0.1) is 0 Å². The number of H-pyrrole nitrogens is 1. The van der Waals surface area contributed by atoms with Crippen LogP contribution in [0.2, 0.25) is 0 Å². The third kappa shape index (κ3) is 4.50. The van der Waals surface area contributed by atoms with Crippen LogP contribution in [0.5, 0.6) is 0 Å². The molecule has 1 aliphatic carbocycles. The highest BCUT2D eigenvalue weighted by atomic mass is 19.3. The third-order valence-electron chi connectivity index (χ3n) is 5.86. The average molecular weight is 429 g/mol. The van der Waals surface area contributed by atoms with Gasteiger partial charge in [-0.25, -0.2) is 18.4 Å². The van der Waals surface area contributed by atoms with E-state index in [1.807, 2.05) is 24.3 Å². The number of halogens is 2. The largest absolute Gasteiger partial charge is 0.349 e. The Balaban J connectivity index is 1.64. The summed E-state index contributed by atoms with van der Waals surface area (Å²) < 4.78 is 28.7. The number of nitrogens with one attached hydrogen (secondary N) is 1. The van der Waals surface area contributed by atoms with Crippen molar-refractivity contribution < 1.29 is 13.6 Å². The monoisotopic (exact) mass is 429 g/mol. The summed E-state index contributed by atoms with van der Waals surface area (Å²) >= 11 is 0. The lowest BCUT2D eigenvalue weighted by Crippen LogP contribution is -2.27. The molecule has 0 unspecified atom stereocenters. The third-order valence-corrected chi connectivity index (χ3v) is 5.86. The van der Waals surface area contributed by atoms with Gasteiger partial charge in [-0.2, -0.15) is 5.10 Å². The van der Waals surface area contributed by atoms with Gasteiger partial charge in [0.1, 0.15) is 11.2 Å². The number of hydrogen-bond donors (Lipinski definition) is 1. The maximum Gasteiger partial charge on any atom is 0.262 e. The SMILES string of the molecule is CN(C)C(=O)Cc1ccccc1Cc1nc2c(cnn2C2CCC(F)(F)CC2)c(=O)[nH]1. The van der Waals surface area contributed by atoms with Gasteiger partial charge in [0.25, 0.3) is 5.56 Å². The number of fused-ring (bicyclic) bond motifs is 1. The van der Waals surface area contributed by atoms with Crippen LogP contribution in [0.1, 0.15) is 48.7 Å². The molecule has 3 aromatic rings. The molecule has 2 heterocycles. The predicted octanol–water partition coefficient (Wildman–Crippen LogP) is 3.09. The van der Waals surface area contributed by atoms with Crippen LogP contribution in [0.4, 0.5) is 8.78 Å². The van der Waals surface area contributed by atoms with Crippen molar-refractivity contribution in [2.45, 2.75) is 50.5 Å². The van der Waals surface area contributed by atoms with Crippen molar-refractivity contribution in [1.29, 1.82) is 0 Å². The Kier molecular flexibility index (Phi) is 5.60. The lowest BCUT2D eigenvalue weighted by Gasteiger charge is -2.28. The number of hydrogen-bond acceptors (Lipinski definition) is 4. The van der Waals surface area contributed by atoms with Crippen LogP contribution in [0.15, 0.2) is 35.3 Å². The second-order valence-corrected chi connectivity index (χ2v) is 8.34. The lowest BCUT2D eigenvalue weighted by atomic mass is 9.92. The molecule has 0 radical (unpaired) electrons. The van der Waals surface area contributed by atoms with E-state index < -0.39 is 5.92 Å². The van der Waals surface area contributed by atoms with E-state index >= 15 is 0 Å². The summed E-state index contributed by atoms with van der Waals surface area (Å²) in [5.41, 5.74) is 1.86. The fourth-order valence-electron chi connectivity index (χ4n) is 4.01. The Bertz CT molecular complexity index is 1160. The molecular weight excluding hydrogens is 404 g/mol. The van der Waals surface area contributed by atoms with Crippen molar-refractivity contribution in [3.05, 3.63) is 57.8 Å². The standard InChI is InChI=1S/C22H25F2N5O2/c1-28(2)19(30)12-15-6-4-3-5-14(15)11-18-26-20-17(21(31)27-18)13-25-29(20)16-7-9-22(23,24)10-8-16/h3-6,13,16H,7-12H2,1-2H3,(H,26,27,31). The van der Waals surface area contributed by atoms with Crippen LogP contribution in [0, 0.1) is 0 Å². The fraction of sp³-hybridized carbons (Fsp3) is 0.455. The van der Waals surface area contributed by atoms with Crippen molar-refractivity contribution in [3.8, 4) is 0 Å². The fourth-order valence-corrected chi connectivity index (χ4v) is 4.01. The van der Waals surface area contributed by atoms with E-state index in [0.717, 1.165) is 11.1 Å². The molecule has 9 heteroatoms. The van der Waals surface area contributed by atoms with E-state index in [0.29, 0.717) is 36.1 Å². The van der Waals surface area contributed by atoms with Gasteiger partial charge in [-0.1, -0.05) is 24.3 Å². The maximum absolute atomic E-state index is 13.6. The van der Waals surface area contributed by atoms with Gasteiger partial charge in [0.05, 0.1) is 18.7 Å². The molecule has 0 aliphatic heterocycles. The first-order valence-electron chi connectivity index (χ1n) is 10.3. The Morgan fingerprint density at radius 3 is 2.58 bits per heavy atom. The summed E-state index contributed by atoms with van der Waals surface area (Å²) in [5, 5.41) is 4.64. The number of likely N-dealkylation sites (N-methyl/N-ethyl adjacent to an activating group) is 1. The highest BCUT2D eigenvalue weighted by Gasteiger charge is 2.36. The average Bonchev–Trinajstić information content (AvgIpc) is 3.14. The number of carbonyl (C=O) groups is 1. The van der Waals surface area contributed by atoms with E-state index in [1.165, 1.54) is 11.1 Å². The van der Waals surface area contributed by atoms with Gasteiger partial charge in [0.2, 0.25) is 11.8 Å². The smallest absolute Gasteiger partial charge is 0.262 e. The molecule has 1 amide bonds. The summed E-state index contributed by atoms with van der Waals surface area (Å²) in [6.07, 6.45) is 2.25. The first-order valence-corrected chi connectivity index (χ1v) is 10.3. The van der Waals surface area contributed by atoms with Crippen LogP contribution in [0.25, 0.3) is 11.0 Å². The van der Waals surface area contributed by atoms with Gasteiger partial charge in [-0.3, -0.25) is 9.59 Å². The number of benzene rings is 1. The summed E-state index contributed by atoms with van der Waals surface area (Å²) in [7, 11) is 3.42. The van der Waals surface area contributed by atoms with Gasteiger partial charge < -0.3 is 9.88 Å². The summed E-state index contributed by atoms with van der Waals surface area (Å²) in [4.78, 5) is 33.7. The molecule has 1 N–H and O–H groups in total. The molecule has 164 valence electrons. The molecule has 0 spiro atoms. The molecule has 1 saturated carbocycles. The number of aromatic amines is 1. The molecule has 4 rings (SSSR count). The Hall–Kier alpha value is -3.10. The zero-order chi connectivity index (χ0) is 22.2. The lowest BCUT2D eigenvalue weighted by molar-refractivity contribution is -0.127. The molecule has 0 saturated heterocycles. The summed E-state index contributed by atoms with van der Waals surface area (Å²) in [6, 6.07) is 7.34. The van der Waals surface area contributed by atoms with Crippen molar-refractivity contribution in [1.82, 2.24) is 24.6 Å². The zero-order valence-electron chi connectivity index (χ0n) is 17.6. The number of aromatic nitrogens is 4. The number of carbonyl (C=O) groups excluding carboxylic acids is 1. The van der Waals surface area contributed by atoms with E-state index in [1.54, 1.807) is 18.8 Å². The Morgan fingerprint density at radius 1 is 1.23 bits per heavy atom. The molecular formula is C22H25F2N5O2. The Labute approximate surface area is 178 Å². The van der Waals surface area contributed by atoms with Crippen LogP contribution in [0.3, 0.4) is 0 Å². The molecule has 1 aliphatic rings. The quantitative estimate of drug-likeness (QED) is 0.676. The summed E-state index contributed by atoms with van der Waals surface area (Å²) in [5.74, 6) is -2.20. The second-order valence-electron chi connectivity index (χ2n) is 8.34. The molecule has 2 aromatic heterocycles. The van der Waals surface area contributed by atoms with E-state index in [9.17, 15) is 18.4 Å². The molecule has 7 nitrogen and oxygen atoms in total. The maximum atomic E-state index is 13.6. The highest BCUT2D eigenvalue weighted by molar-refractivity contribution is 5.78. The van der Waals surface area contributed by atoms with Crippen molar-refractivity contribution >= 4 is 16.9 Å². The van der Waals surface area contributed by atoms with Gasteiger partial charge in [-0.05, 0) is 24.0 Å². The zero-order valence-corrected chi connectivity index (χ0v) is 17.6. The number of amides is 1. The second kappa shape index (κ2) is 8.20. The van der Waals surface area contributed by atoms with Gasteiger partial charge >= 0.3 is 0 Å². The number of nitrogens with zero attached hydrogens (tertiary/aromatic N) is 4. The minimum Gasteiger partial charge on any atom is -0.349 e. The molecule has 31 heavy (non-hydrogen) atoms. The number of alkyl halides is 2. The molecule has 1 aromatic carbocycles. The van der Waals surface area contributed by atoms with E-state index in [2.05, 4.69) is 15.1 Å². The number of rotatable bonds is 5. The minimum atomic E-state index is -2.64. The van der Waals surface area contributed by atoms with Crippen LogP contribution in [-0.2, 0) is 17.6 Å². The van der Waals surface area contributed by atoms with E-state index in [-0.39, 0.29) is 36.8 Å². The molecule has 0 atom stereocenters. The van der Waals surface area contributed by atoms with Crippen LogP contribution >= 0.6 is 0 Å². The van der Waals surface area contributed by atoms with Crippen molar-refractivity contribution in [2.75, 3.05) is 14.1 Å². The van der Waals surface area contributed by atoms with Gasteiger partial charge in [0.15, 0.2) is 5.65 Å². The van der Waals surface area contributed by atoms with Gasteiger partial charge in [0, 0.05) is 33.4 Å². The van der Waals surface area contributed by atoms with Crippen molar-refractivity contribution in [2.24, 2.45) is 0 Å². The minimum absolute atomic E-state index is 0.0171. The molecule has 0 bridgehead atoms. The highest BCUT2D eigenvalue weighted by Crippen LogP contribution is 2.38. The Morgan fingerprint density at radius 2 is 1.90 bits per heavy atom. The first kappa shape index (κ1) is 21.1. The van der Waals surface area contributed by atoms with Crippen LogP contribution < -0.4 is 5.56 Å². The van der Waals surface area contributed by atoms with E-state index in [4.69, 9.17) is 0 Å². The van der Waals surface area contributed by atoms with Crippen LogP contribution in [-0.4, -0.2) is 50.6 Å². The summed E-state index contributed by atoms with van der Waals surface area (Å²) in [6.45, 7) is 0. The predicted molar refractivity (Wildman–Crippen MR) is 112 cm³/mol. The van der Waals surface area contributed by atoms with Crippen molar-refractivity contribution in [3.63, 3.8) is 0 Å². The normalized spacial score (nSPS) is 16.5. The molecule has 1 fully saturated rings. The topological polar surface area (TPSA) is 83.9 Å². The first-order chi connectivity index (χ1) is 14.7.